The molecule has 0 spiro atoms. The first-order valence-corrected chi connectivity index (χ1v) is 11.3. The Bertz CT molecular complexity index is 1270. The average molecular weight is 448 g/mol. The van der Waals surface area contributed by atoms with Crippen molar-refractivity contribution in [2.75, 3.05) is 7.11 Å². The number of thioether (sulfide) groups is 1. The lowest BCUT2D eigenvalue weighted by Crippen LogP contribution is -2.10. The van der Waals surface area contributed by atoms with Gasteiger partial charge in [0.25, 0.3) is 5.69 Å². The lowest BCUT2D eigenvalue weighted by atomic mass is 9.87. The zero-order chi connectivity index (χ0) is 22.9. The van der Waals surface area contributed by atoms with Crippen molar-refractivity contribution in [3.63, 3.8) is 0 Å². The van der Waals surface area contributed by atoms with E-state index in [4.69, 9.17) is 9.72 Å². The van der Waals surface area contributed by atoms with Crippen molar-refractivity contribution in [2.45, 2.75) is 37.1 Å². The van der Waals surface area contributed by atoms with Crippen molar-refractivity contribution in [1.82, 2.24) is 9.55 Å². The Morgan fingerprint density at radius 2 is 1.78 bits per heavy atom. The molecule has 6 nitrogen and oxygen atoms in total. The van der Waals surface area contributed by atoms with Crippen molar-refractivity contribution in [3.05, 3.63) is 88.0 Å². The minimum Gasteiger partial charge on any atom is -0.495 e. The summed E-state index contributed by atoms with van der Waals surface area (Å²) in [5, 5.41) is 12.0. The summed E-state index contributed by atoms with van der Waals surface area (Å²) >= 11 is 1.59. The predicted molar refractivity (Wildman–Crippen MR) is 129 cm³/mol. The van der Waals surface area contributed by atoms with Gasteiger partial charge in [-0.25, -0.2) is 4.98 Å². The van der Waals surface area contributed by atoms with Gasteiger partial charge < -0.3 is 4.74 Å². The zero-order valence-electron chi connectivity index (χ0n) is 18.5. The number of benzene rings is 3. The molecule has 4 rings (SSSR count). The van der Waals surface area contributed by atoms with E-state index in [0.29, 0.717) is 11.3 Å². The summed E-state index contributed by atoms with van der Waals surface area (Å²) in [7, 11) is 1.63. The highest BCUT2D eigenvalue weighted by Crippen LogP contribution is 2.35. The number of nitro groups is 1. The van der Waals surface area contributed by atoms with Gasteiger partial charge >= 0.3 is 0 Å². The number of nitrogens with zero attached hydrogens (tertiary/aromatic N) is 3. The predicted octanol–water partition coefficient (Wildman–Crippen LogP) is 6.53. The molecular weight excluding hydrogens is 422 g/mol. The van der Waals surface area contributed by atoms with Crippen LogP contribution in [0.25, 0.3) is 16.7 Å². The van der Waals surface area contributed by atoms with Gasteiger partial charge in [-0.05, 0) is 34.7 Å². The molecule has 0 aliphatic heterocycles. The van der Waals surface area contributed by atoms with Gasteiger partial charge in [0, 0.05) is 17.9 Å². The highest BCUT2D eigenvalue weighted by Gasteiger charge is 2.19. The van der Waals surface area contributed by atoms with Gasteiger partial charge in [0.1, 0.15) is 5.75 Å². The molecule has 3 aromatic carbocycles. The highest BCUT2D eigenvalue weighted by molar-refractivity contribution is 7.98. The summed E-state index contributed by atoms with van der Waals surface area (Å²) in [6, 6.07) is 21.1. The largest absolute Gasteiger partial charge is 0.495 e. The number of ether oxygens (including phenoxy) is 1. The number of fused-ring (bicyclic) bond motifs is 1. The Kier molecular flexibility index (Phi) is 5.93. The third-order valence-corrected chi connectivity index (χ3v) is 6.34. The maximum absolute atomic E-state index is 11.3. The molecule has 0 saturated heterocycles. The molecule has 0 aliphatic rings. The fraction of sp³-hybridized carbons (Fsp3) is 0.240. The molecule has 0 radical (unpaired) electrons. The van der Waals surface area contributed by atoms with E-state index < -0.39 is 4.92 Å². The van der Waals surface area contributed by atoms with Crippen molar-refractivity contribution in [1.29, 1.82) is 0 Å². The van der Waals surface area contributed by atoms with Crippen LogP contribution in [-0.2, 0) is 11.2 Å². The van der Waals surface area contributed by atoms with Crippen LogP contribution in [0.4, 0.5) is 5.69 Å². The number of non-ortho nitro benzene ring substituents is 1. The second-order valence-electron chi connectivity index (χ2n) is 8.57. The number of rotatable bonds is 6. The first kappa shape index (κ1) is 21.9. The molecule has 0 aliphatic carbocycles. The molecule has 7 heteroatoms. The van der Waals surface area contributed by atoms with Gasteiger partial charge in [0.05, 0.1) is 28.8 Å². The van der Waals surface area contributed by atoms with Crippen molar-refractivity contribution >= 4 is 28.5 Å². The van der Waals surface area contributed by atoms with Gasteiger partial charge in [-0.15, -0.1) is 0 Å². The van der Waals surface area contributed by atoms with Crippen molar-refractivity contribution in [2.24, 2.45) is 0 Å². The Hall–Kier alpha value is -3.32. The van der Waals surface area contributed by atoms with Crippen molar-refractivity contribution in [3.8, 4) is 11.4 Å². The smallest absolute Gasteiger partial charge is 0.271 e. The van der Waals surface area contributed by atoms with Crippen LogP contribution >= 0.6 is 11.8 Å². The Balaban J connectivity index is 1.75. The van der Waals surface area contributed by atoms with E-state index >= 15 is 0 Å². The van der Waals surface area contributed by atoms with Gasteiger partial charge in [-0.2, -0.15) is 0 Å². The molecule has 0 amide bonds. The summed E-state index contributed by atoms with van der Waals surface area (Å²) in [5.41, 5.74) is 4.83. The molecular formula is C25H25N3O3S. The fourth-order valence-corrected chi connectivity index (χ4v) is 4.53. The number of nitro benzene ring substituents is 1. The Morgan fingerprint density at radius 3 is 2.44 bits per heavy atom. The molecule has 1 heterocycles. The van der Waals surface area contributed by atoms with Crippen LogP contribution < -0.4 is 4.74 Å². The van der Waals surface area contributed by atoms with Gasteiger partial charge in [-0.1, -0.05) is 68.9 Å². The van der Waals surface area contributed by atoms with Crippen LogP contribution in [-0.4, -0.2) is 21.6 Å². The summed E-state index contributed by atoms with van der Waals surface area (Å²) in [4.78, 5) is 15.6. The minimum absolute atomic E-state index is 0.0245. The molecule has 0 bridgehead atoms. The van der Waals surface area contributed by atoms with E-state index in [0.717, 1.165) is 22.1 Å². The first-order chi connectivity index (χ1) is 15.3. The molecule has 32 heavy (non-hydrogen) atoms. The monoisotopic (exact) mass is 447 g/mol. The lowest BCUT2D eigenvalue weighted by Gasteiger charge is -2.19. The second kappa shape index (κ2) is 8.67. The topological polar surface area (TPSA) is 70.2 Å². The molecule has 0 N–H and O–H groups in total. The quantitative estimate of drug-likeness (QED) is 0.191. The van der Waals surface area contributed by atoms with E-state index in [1.165, 1.54) is 23.3 Å². The number of hydrogen-bond donors (Lipinski definition) is 0. The third kappa shape index (κ3) is 4.34. The SMILES string of the molecule is COc1ccccc1-n1c(SCc2ccc(C(C)(C)C)cc2)nc2cc([N+](=O)[O-])ccc21. The first-order valence-electron chi connectivity index (χ1n) is 10.3. The maximum atomic E-state index is 11.3. The molecule has 0 saturated carbocycles. The molecule has 164 valence electrons. The summed E-state index contributed by atoms with van der Waals surface area (Å²) in [6.07, 6.45) is 0. The molecule has 0 atom stereocenters. The standard InChI is InChI=1S/C25H25N3O3S/c1-25(2,3)18-11-9-17(10-12-18)16-32-24-26-20-15-19(28(29)30)13-14-21(20)27(24)22-7-5-6-8-23(22)31-4/h5-15H,16H2,1-4H3. The summed E-state index contributed by atoms with van der Waals surface area (Å²) < 4.78 is 7.58. The van der Waals surface area contributed by atoms with Gasteiger partial charge in [-0.3, -0.25) is 14.7 Å². The van der Waals surface area contributed by atoms with Crippen LogP contribution in [0, 0.1) is 10.1 Å². The summed E-state index contributed by atoms with van der Waals surface area (Å²) in [6.45, 7) is 6.60. The number of aromatic nitrogens is 2. The highest BCUT2D eigenvalue weighted by atomic mass is 32.2. The molecule has 1 aromatic heterocycles. The maximum Gasteiger partial charge on any atom is 0.271 e. The average Bonchev–Trinajstić information content (AvgIpc) is 3.14. The minimum atomic E-state index is -0.398. The Labute approximate surface area is 191 Å². The van der Waals surface area contributed by atoms with E-state index in [9.17, 15) is 10.1 Å². The zero-order valence-corrected chi connectivity index (χ0v) is 19.3. The van der Waals surface area contributed by atoms with E-state index in [1.807, 2.05) is 28.8 Å². The second-order valence-corrected chi connectivity index (χ2v) is 9.51. The lowest BCUT2D eigenvalue weighted by molar-refractivity contribution is -0.384. The van der Waals surface area contributed by atoms with Gasteiger partial charge in [0.15, 0.2) is 5.16 Å². The number of methoxy groups -OCH3 is 1. The third-order valence-electron chi connectivity index (χ3n) is 5.33. The molecule has 0 fully saturated rings. The van der Waals surface area contributed by atoms with E-state index in [-0.39, 0.29) is 11.1 Å². The van der Waals surface area contributed by atoms with Crippen LogP contribution in [0.1, 0.15) is 31.9 Å². The number of para-hydroxylation sites is 2. The Morgan fingerprint density at radius 1 is 1.06 bits per heavy atom. The van der Waals surface area contributed by atoms with Gasteiger partial charge in [0.2, 0.25) is 0 Å². The van der Waals surface area contributed by atoms with Crippen LogP contribution in [0.5, 0.6) is 5.75 Å². The van der Waals surface area contributed by atoms with Crippen LogP contribution in [0.2, 0.25) is 0 Å². The number of imidazole rings is 1. The van der Waals surface area contributed by atoms with Crippen molar-refractivity contribution < 1.29 is 9.66 Å². The summed E-state index contributed by atoms with van der Waals surface area (Å²) in [5.74, 6) is 1.44. The molecule has 4 aromatic rings. The van der Waals surface area contributed by atoms with E-state index in [1.54, 1.807) is 24.9 Å². The molecule has 0 unspecified atom stereocenters. The fourth-order valence-electron chi connectivity index (χ4n) is 3.55. The van der Waals surface area contributed by atoms with E-state index in [2.05, 4.69) is 45.0 Å². The van der Waals surface area contributed by atoms with Crippen LogP contribution in [0.3, 0.4) is 0 Å². The normalized spacial score (nSPS) is 11.6. The van der Waals surface area contributed by atoms with Crippen LogP contribution in [0.15, 0.2) is 71.9 Å². The number of hydrogen-bond acceptors (Lipinski definition) is 5.